The Morgan fingerprint density at radius 2 is 1.89 bits per heavy atom. The molecule has 0 saturated heterocycles. The molecular formula is C14H21NO3. The lowest BCUT2D eigenvalue weighted by Crippen LogP contribution is -2.27. The Bertz CT molecular complexity index is 469. The number of hydrogen-bond acceptors (Lipinski definition) is 3. The molecule has 0 heterocycles. The molecule has 0 bridgehead atoms. The molecule has 3 N–H and O–H groups in total. The van der Waals surface area contributed by atoms with Gasteiger partial charge in [-0.2, -0.15) is 0 Å². The molecule has 0 saturated carbocycles. The van der Waals surface area contributed by atoms with Crippen molar-refractivity contribution >= 4 is 5.97 Å². The summed E-state index contributed by atoms with van der Waals surface area (Å²) in [5.41, 5.74) is 9.95. The molecule has 0 amide bonds. The Morgan fingerprint density at radius 1 is 1.33 bits per heavy atom. The fourth-order valence-corrected chi connectivity index (χ4v) is 2.15. The highest BCUT2D eigenvalue weighted by Crippen LogP contribution is 2.35. The monoisotopic (exact) mass is 251 g/mol. The molecule has 0 aromatic heterocycles. The van der Waals surface area contributed by atoms with Crippen molar-refractivity contribution in [3.8, 4) is 5.75 Å². The molecule has 4 heteroatoms. The largest absolute Gasteiger partial charge is 0.496 e. The van der Waals surface area contributed by atoms with Gasteiger partial charge in [-0.25, -0.2) is 0 Å². The SMILES string of the molecule is COc1c(C)c(C)cc(C)c1C(N)C(C)C(=O)O. The second-order valence-corrected chi connectivity index (χ2v) is 4.73. The minimum Gasteiger partial charge on any atom is -0.496 e. The summed E-state index contributed by atoms with van der Waals surface area (Å²) in [6.45, 7) is 7.50. The van der Waals surface area contributed by atoms with E-state index in [2.05, 4.69) is 0 Å². The number of carbonyl (C=O) groups is 1. The van der Waals surface area contributed by atoms with Gasteiger partial charge < -0.3 is 15.6 Å². The summed E-state index contributed by atoms with van der Waals surface area (Å²) >= 11 is 0. The summed E-state index contributed by atoms with van der Waals surface area (Å²) in [6, 6.07) is 1.44. The summed E-state index contributed by atoms with van der Waals surface area (Å²) in [5.74, 6) is -0.852. The van der Waals surface area contributed by atoms with Crippen molar-refractivity contribution < 1.29 is 14.6 Å². The lowest BCUT2D eigenvalue weighted by atomic mass is 9.88. The van der Waals surface area contributed by atoms with Gasteiger partial charge in [0.2, 0.25) is 0 Å². The number of aryl methyl sites for hydroxylation is 2. The lowest BCUT2D eigenvalue weighted by molar-refractivity contribution is -0.141. The van der Waals surface area contributed by atoms with E-state index in [1.54, 1.807) is 14.0 Å². The number of carboxylic acid groups (broad SMARTS) is 1. The molecule has 100 valence electrons. The summed E-state index contributed by atoms with van der Waals surface area (Å²) < 4.78 is 5.42. The van der Waals surface area contributed by atoms with Gasteiger partial charge in [-0.3, -0.25) is 4.79 Å². The van der Waals surface area contributed by atoms with Gasteiger partial charge in [0.05, 0.1) is 13.0 Å². The van der Waals surface area contributed by atoms with Crippen LogP contribution < -0.4 is 10.5 Å². The first-order valence-electron chi connectivity index (χ1n) is 5.94. The first kappa shape index (κ1) is 14.5. The maximum atomic E-state index is 11.1. The van der Waals surface area contributed by atoms with E-state index >= 15 is 0 Å². The zero-order chi connectivity index (χ0) is 14.0. The predicted octanol–water partition coefficient (Wildman–Crippen LogP) is 2.34. The Balaban J connectivity index is 3.40. The van der Waals surface area contributed by atoms with Crippen molar-refractivity contribution in [2.75, 3.05) is 7.11 Å². The molecule has 0 aliphatic rings. The van der Waals surface area contributed by atoms with Crippen LogP contribution in [0.5, 0.6) is 5.75 Å². The van der Waals surface area contributed by atoms with Gasteiger partial charge in [-0.05, 0) is 37.5 Å². The molecule has 1 rings (SSSR count). The van der Waals surface area contributed by atoms with Gasteiger partial charge in [-0.15, -0.1) is 0 Å². The number of rotatable bonds is 4. The molecule has 2 atom stereocenters. The van der Waals surface area contributed by atoms with E-state index in [9.17, 15) is 4.79 Å². The maximum Gasteiger partial charge on any atom is 0.308 e. The van der Waals surface area contributed by atoms with Gasteiger partial charge in [-0.1, -0.05) is 13.0 Å². The molecule has 0 aliphatic carbocycles. The Hall–Kier alpha value is -1.55. The molecule has 1 aromatic carbocycles. The van der Waals surface area contributed by atoms with E-state index in [1.807, 2.05) is 26.8 Å². The van der Waals surface area contributed by atoms with Gasteiger partial charge in [0.25, 0.3) is 0 Å². The number of nitrogens with two attached hydrogens (primary N) is 1. The van der Waals surface area contributed by atoms with Gasteiger partial charge in [0.1, 0.15) is 5.75 Å². The van der Waals surface area contributed by atoms with Crippen molar-refractivity contribution in [3.05, 3.63) is 28.3 Å². The van der Waals surface area contributed by atoms with Crippen LogP contribution in [0, 0.1) is 26.7 Å². The topological polar surface area (TPSA) is 72.5 Å². The number of ether oxygens (including phenoxy) is 1. The molecule has 0 spiro atoms. The van der Waals surface area contributed by atoms with Crippen molar-refractivity contribution in [1.29, 1.82) is 0 Å². The van der Waals surface area contributed by atoms with E-state index in [0.717, 1.165) is 22.3 Å². The van der Waals surface area contributed by atoms with Crippen molar-refractivity contribution in [3.63, 3.8) is 0 Å². The molecule has 18 heavy (non-hydrogen) atoms. The zero-order valence-corrected chi connectivity index (χ0v) is 11.6. The molecule has 0 aliphatic heterocycles. The van der Waals surface area contributed by atoms with E-state index in [1.165, 1.54) is 0 Å². The van der Waals surface area contributed by atoms with Crippen LogP contribution in [0.15, 0.2) is 6.07 Å². The highest BCUT2D eigenvalue weighted by molar-refractivity contribution is 5.71. The zero-order valence-electron chi connectivity index (χ0n) is 11.6. The van der Waals surface area contributed by atoms with Crippen LogP contribution in [0.2, 0.25) is 0 Å². The normalized spacial score (nSPS) is 14.1. The van der Waals surface area contributed by atoms with Crippen LogP contribution in [0.3, 0.4) is 0 Å². The second-order valence-electron chi connectivity index (χ2n) is 4.73. The predicted molar refractivity (Wildman–Crippen MR) is 70.9 cm³/mol. The molecule has 2 unspecified atom stereocenters. The van der Waals surface area contributed by atoms with E-state index in [0.29, 0.717) is 5.75 Å². The molecule has 0 fully saturated rings. The van der Waals surface area contributed by atoms with Crippen LogP contribution in [-0.2, 0) is 4.79 Å². The average Bonchev–Trinajstić information content (AvgIpc) is 2.31. The average molecular weight is 251 g/mol. The fraction of sp³-hybridized carbons (Fsp3) is 0.500. The van der Waals surface area contributed by atoms with Crippen molar-refractivity contribution in [1.82, 2.24) is 0 Å². The quantitative estimate of drug-likeness (QED) is 0.861. The smallest absolute Gasteiger partial charge is 0.308 e. The summed E-state index contributed by atoms with van der Waals surface area (Å²) in [6.07, 6.45) is 0. The van der Waals surface area contributed by atoms with E-state index in [-0.39, 0.29) is 0 Å². The minimum atomic E-state index is -0.901. The van der Waals surface area contributed by atoms with Gasteiger partial charge in [0, 0.05) is 11.6 Å². The molecule has 0 radical (unpaired) electrons. The first-order valence-corrected chi connectivity index (χ1v) is 5.94. The van der Waals surface area contributed by atoms with Gasteiger partial charge in [0.15, 0.2) is 0 Å². The number of aliphatic carboxylic acids is 1. The first-order chi connectivity index (χ1) is 8.31. The Morgan fingerprint density at radius 3 is 2.33 bits per heavy atom. The van der Waals surface area contributed by atoms with Gasteiger partial charge >= 0.3 is 5.97 Å². The standard InChI is InChI=1S/C14H21NO3/c1-7-6-8(2)11(13(18-5)9(7)3)12(15)10(4)14(16)17/h6,10,12H,15H2,1-5H3,(H,16,17). The number of carboxylic acids is 1. The van der Waals surface area contributed by atoms with Crippen LogP contribution in [0.4, 0.5) is 0 Å². The van der Waals surface area contributed by atoms with Crippen LogP contribution >= 0.6 is 0 Å². The van der Waals surface area contributed by atoms with Crippen LogP contribution in [0.25, 0.3) is 0 Å². The minimum absolute atomic E-state index is 0.572. The third-order valence-corrected chi connectivity index (χ3v) is 3.50. The molecule has 1 aromatic rings. The van der Waals surface area contributed by atoms with Crippen LogP contribution in [-0.4, -0.2) is 18.2 Å². The van der Waals surface area contributed by atoms with Crippen molar-refractivity contribution in [2.24, 2.45) is 11.7 Å². The summed E-state index contributed by atoms with van der Waals surface area (Å²) in [4.78, 5) is 11.1. The second kappa shape index (κ2) is 5.40. The van der Waals surface area contributed by atoms with E-state index < -0.39 is 17.9 Å². The Kier molecular flexibility index (Phi) is 4.35. The fourth-order valence-electron chi connectivity index (χ4n) is 2.15. The summed E-state index contributed by atoms with van der Waals surface area (Å²) in [5, 5.41) is 9.07. The third kappa shape index (κ3) is 2.48. The lowest BCUT2D eigenvalue weighted by Gasteiger charge is -2.23. The van der Waals surface area contributed by atoms with E-state index in [4.69, 9.17) is 15.6 Å². The van der Waals surface area contributed by atoms with Crippen molar-refractivity contribution in [2.45, 2.75) is 33.7 Å². The highest BCUT2D eigenvalue weighted by atomic mass is 16.5. The maximum absolute atomic E-state index is 11.1. The van der Waals surface area contributed by atoms with Crippen LogP contribution in [0.1, 0.15) is 35.2 Å². The highest BCUT2D eigenvalue weighted by Gasteiger charge is 2.27. The number of hydrogen-bond donors (Lipinski definition) is 2. The summed E-state index contributed by atoms with van der Waals surface area (Å²) in [7, 11) is 1.59. The number of benzene rings is 1. The molecular weight excluding hydrogens is 230 g/mol. The third-order valence-electron chi connectivity index (χ3n) is 3.50. The molecule has 4 nitrogen and oxygen atoms in total. The number of methoxy groups -OCH3 is 1. The Labute approximate surface area is 108 Å².